The normalized spacial score (nSPS) is 10.9. The summed E-state index contributed by atoms with van der Waals surface area (Å²) in [5.41, 5.74) is 3.32. The summed E-state index contributed by atoms with van der Waals surface area (Å²) >= 11 is 0. The molecule has 0 fully saturated rings. The van der Waals surface area contributed by atoms with Gasteiger partial charge in [-0.1, -0.05) is 0 Å². The summed E-state index contributed by atoms with van der Waals surface area (Å²) in [4.78, 5) is 11.7. The van der Waals surface area contributed by atoms with Crippen LogP contribution in [0.5, 0.6) is 5.75 Å². The van der Waals surface area contributed by atoms with Crippen molar-refractivity contribution in [3.05, 3.63) is 42.4 Å². The van der Waals surface area contributed by atoms with Crippen LogP contribution in [0.3, 0.4) is 0 Å². The van der Waals surface area contributed by atoms with Crippen LogP contribution in [0.25, 0.3) is 22.3 Å². The number of aryl methyl sites for hydroxylation is 1. The number of rotatable bonds is 1. The molecule has 0 unspecified atom stereocenters. The molecule has 3 rings (SSSR count). The van der Waals surface area contributed by atoms with Gasteiger partial charge in [-0.15, -0.1) is 0 Å². The molecular formula is C13H11N3O. The van der Waals surface area contributed by atoms with Gasteiger partial charge >= 0.3 is 0 Å². The Morgan fingerprint density at radius 3 is 2.88 bits per heavy atom. The molecule has 0 amide bonds. The lowest BCUT2D eigenvalue weighted by atomic mass is 10.1. The van der Waals surface area contributed by atoms with Crippen molar-refractivity contribution < 1.29 is 5.11 Å². The van der Waals surface area contributed by atoms with Crippen molar-refractivity contribution in [3.63, 3.8) is 0 Å². The summed E-state index contributed by atoms with van der Waals surface area (Å²) in [7, 11) is 0. The van der Waals surface area contributed by atoms with E-state index in [-0.39, 0.29) is 5.75 Å². The van der Waals surface area contributed by atoms with Crippen LogP contribution in [0.2, 0.25) is 0 Å². The summed E-state index contributed by atoms with van der Waals surface area (Å²) in [5.74, 6) is 0.216. The van der Waals surface area contributed by atoms with E-state index in [1.54, 1.807) is 19.2 Å². The summed E-state index contributed by atoms with van der Waals surface area (Å²) in [5, 5.41) is 10.5. The van der Waals surface area contributed by atoms with Crippen molar-refractivity contribution in [1.29, 1.82) is 0 Å². The van der Waals surface area contributed by atoms with Crippen molar-refractivity contribution in [2.45, 2.75) is 6.92 Å². The van der Waals surface area contributed by atoms with E-state index in [9.17, 15) is 5.11 Å². The monoisotopic (exact) mass is 225 g/mol. The lowest BCUT2D eigenvalue weighted by molar-refractivity contribution is 0.468. The minimum atomic E-state index is 0.216. The van der Waals surface area contributed by atoms with Gasteiger partial charge in [0.05, 0.1) is 11.4 Å². The topological polar surface area (TPSA) is 61.8 Å². The minimum Gasteiger partial charge on any atom is -0.506 e. The van der Waals surface area contributed by atoms with Crippen molar-refractivity contribution in [2.75, 3.05) is 0 Å². The Balaban J connectivity index is 2.26. The fraction of sp³-hybridized carbons (Fsp3) is 0.0769. The molecule has 0 atom stereocenters. The summed E-state index contributed by atoms with van der Waals surface area (Å²) in [6.07, 6.45) is 3.60. The first kappa shape index (κ1) is 9.84. The van der Waals surface area contributed by atoms with Gasteiger partial charge in [-0.3, -0.25) is 0 Å². The van der Waals surface area contributed by atoms with Crippen molar-refractivity contribution in [2.24, 2.45) is 0 Å². The Bertz CT molecular complexity index is 688. The first-order valence-corrected chi connectivity index (χ1v) is 5.35. The molecule has 0 aliphatic rings. The maximum atomic E-state index is 9.48. The highest BCUT2D eigenvalue weighted by Gasteiger charge is 2.07. The van der Waals surface area contributed by atoms with Gasteiger partial charge in [-0.25, -0.2) is 9.97 Å². The maximum absolute atomic E-state index is 9.48. The van der Waals surface area contributed by atoms with Gasteiger partial charge in [-0.2, -0.15) is 0 Å². The lowest BCUT2D eigenvalue weighted by Crippen LogP contribution is -1.88. The van der Waals surface area contributed by atoms with Crippen molar-refractivity contribution in [1.82, 2.24) is 15.0 Å². The molecule has 3 aromatic rings. The van der Waals surface area contributed by atoms with Gasteiger partial charge in [0.15, 0.2) is 0 Å². The van der Waals surface area contributed by atoms with Crippen LogP contribution >= 0.6 is 0 Å². The number of nitrogens with one attached hydrogen (secondary N) is 1. The first-order valence-electron chi connectivity index (χ1n) is 5.35. The van der Waals surface area contributed by atoms with Crippen LogP contribution in [0, 0.1) is 6.92 Å². The SMILES string of the molecule is Cc1nc(-c2ccnc3[nH]ccc23)ccc1O. The van der Waals surface area contributed by atoms with E-state index in [0.717, 1.165) is 22.3 Å². The minimum absolute atomic E-state index is 0.216. The quantitative estimate of drug-likeness (QED) is 0.669. The molecular weight excluding hydrogens is 214 g/mol. The van der Waals surface area contributed by atoms with Crippen LogP contribution in [0.15, 0.2) is 36.7 Å². The van der Waals surface area contributed by atoms with Gasteiger partial charge in [0, 0.05) is 23.3 Å². The van der Waals surface area contributed by atoms with E-state index in [1.165, 1.54) is 0 Å². The Labute approximate surface area is 98.0 Å². The van der Waals surface area contributed by atoms with Gasteiger partial charge in [0.2, 0.25) is 0 Å². The van der Waals surface area contributed by atoms with E-state index < -0.39 is 0 Å². The molecule has 3 heterocycles. The fourth-order valence-corrected chi connectivity index (χ4v) is 1.89. The average molecular weight is 225 g/mol. The van der Waals surface area contributed by atoms with Crippen LogP contribution < -0.4 is 0 Å². The molecule has 0 spiro atoms. The van der Waals surface area contributed by atoms with Crippen LogP contribution in [-0.2, 0) is 0 Å². The Hall–Kier alpha value is -2.36. The van der Waals surface area contributed by atoms with Gasteiger partial charge < -0.3 is 10.1 Å². The van der Waals surface area contributed by atoms with E-state index >= 15 is 0 Å². The standard InChI is InChI=1S/C13H11N3O/c1-8-12(17)3-2-11(16-8)9-4-6-14-13-10(9)5-7-15-13/h2-7,17H,1H3,(H,14,15). The van der Waals surface area contributed by atoms with Gasteiger partial charge in [0.25, 0.3) is 0 Å². The number of hydrogen-bond acceptors (Lipinski definition) is 3. The third-order valence-corrected chi connectivity index (χ3v) is 2.79. The lowest BCUT2D eigenvalue weighted by Gasteiger charge is -2.04. The highest BCUT2D eigenvalue weighted by atomic mass is 16.3. The second-order valence-corrected chi connectivity index (χ2v) is 3.90. The number of hydrogen-bond donors (Lipinski definition) is 2. The molecule has 0 aliphatic heterocycles. The maximum Gasteiger partial charge on any atom is 0.137 e. The molecule has 84 valence electrons. The van der Waals surface area contributed by atoms with E-state index in [2.05, 4.69) is 15.0 Å². The van der Waals surface area contributed by atoms with Crippen LogP contribution in [0.4, 0.5) is 0 Å². The third kappa shape index (κ3) is 1.54. The molecule has 0 aliphatic carbocycles. The zero-order valence-electron chi connectivity index (χ0n) is 9.31. The molecule has 4 nitrogen and oxygen atoms in total. The predicted molar refractivity (Wildman–Crippen MR) is 65.7 cm³/mol. The number of aromatic amines is 1. The molecule has 2 N–H and O–H groups in total. The molecule has 0 bridgehead atoms. The van der Waals surface area contributed by atoms with E-state index in [0.29, 0.717) is 5.69 Å². The molecule has 0 saturated heterocycles. The van der Waals surface area contributed by atoms with E-state index in [4.69, 9.17) is 0 Å². The van der Waals surface area contributed by atoms with Crippen LogP contribution in [0.1, 0.15) is 5.69 Å². The molecule has 0 saturated carbocycles. The molecule has 17 heavy (non-hydrogen) atoms. The molecule has 0 aromatic carbocycles. The number of nitrogens with zero attached hydrogens (tertiary/aromatic N) is 2. The number of pyridine rings is 2. The number of aromatic nitrogens is 3. The zero-order chi connectivity index (χ0) is 11.8. The van der Waals surface area contributed by atoms with Gasteiger partial charge in [-0.05, 0) is 31.2 Å². The first-order chi connectivity index (χ1) is 8.25. The second-order valence-electron chi connectivity index (χ2n) is 3.90. The summed E-state index contributed by atoms with van der Waals surface area (Å²) in [6, 6.07) is 7.37. The van der Waals surface area contributed by atoms with Crippen molar-refractivity contribution in [3.8, 4) is 17.0 Å². The Kier molecular flexibility index (Phi) is 2.08. The number of fused-ring (bicyclic) bond motifs is 1. The second kappa shape index (κ2) is 3.59. The average Bonchev–Trinajstić information content (AvgIpc) is 2.80. The number of aromatic hydroxyl groups is 1. The Morgan fingerprint density at radius 1 is 1.18 bits per heavy atom. The van der Waals surface area contributed by atoms with Crippen LogP contribution in [-0.4, -0.2) is 20.1 Å². The van der Waals surface area contributed by atoms with Gasteiger partial charge in [0.1, 0.15) is 11.4 Å². The fourth-order valence-electron chi connectivity index (χ4n) is 1.89. The van der Waals surface area contributed by atoms with E-state index in [1.807, 2.05) is 24.4 Å². The highest BCUT2D eigenvalue weighted by Crippen LogP contribution is 2.27. The Morgan fingerprint density at radius 2 is 2.06 bits per heavy atom. The highest BCUT2D eigenvalue weighted by molar-refractivity contribution is 5.91. The smallest absolute Gasteiger partial charge is 0.137 e. The van der Waals surface area contributed by atoms with Crippen molar-refractivity contribution >= 4 is 11.0 Å². The molecule has 3 aromatic heterocycles. The third-order valence-electron chi connectivity index (χ3n) is 2.79. The number of H-pyrrole nitrogens is 1. The summed E-state index contributed by atoms with van der Waals surface area (Å²) < 4.78 is 0. The zero-order valence-corrected chi connectivity index (χ0v) is 9.31. The molecule has 0 radical (unpaired) electrons. The predicted octanol–water partition coefficient (Wildman–Crippen LogP) is 2.64. The molecule has 4 heteroatoms. The summed E-state index contributed by atoms with van der Waals surface area (Å²) in [6.45, 7) is 1.79. The largest absolute Gasteiger partial charge is 0.506 e.